The first-order valence-electron chi connectivity index (χ1n) is 11.4. The number of carbonyl (C=O) groups is 1. The third kappa shape index (κ3) is 4.58. The average molecular weight is 444 g/mol. The Morgan fingerprint density at radius 3 is 2.64 bits per heavy atom. The van der Waals surface area contributed by atoms with Crippen molar-refractivity contribution in [1.29, 1.82) is 5.41 Å². The molecule has 2 N–H and O–H groups in total. The number of nitrogens with zero attached hydrogens (tertiary/aromatic N) is 3. The number of aromatic nitrogens is 3. The SMILES string of the molecule is CCCCCNC(=O)c1cc2c(=O)n3cccc(C)c3nc2n(CCc2ccccc2)c1=N. The molecule has 4 aromatic rings. The molecular weight excluding hydrogens is 414 g/mol. The normalized spacial score (nSPS) is 11.2. The van der Waals surface area contributed by atoms with Crippen LogP contribution in [0.1, 0.15) is 47.7 Å². The van der Waals surface area contributed by atoms with Gasteiger partial charge >= 0.3 is 0 Å². The van der Waals surface area contributed by atoms with Gasteiger partial charge in [0.15, 0.2) is 0 Å². The molecule has 0 bridgehead atoms. The third-order valence-corrected chi connectivity index (χ3v) is 5.91. The number of unbranched alkanes of at least 4 members (excludes halogenated alkanes) is 2. The van der Waals surface area contributed by atoms with E-state index in [9.17, 15) is 9.59 Å². The molecule has 3 aromatic heterocycles. The van der Waals surface area contributed by atoms with Crippen LogP contribution in [0.5, 0.6) is 0 Å². The summed E-state index contributed by atoms with van der Waals surface area (Å²) in [5.74, 6) is -0.333. The number of fused-ring (bicyclic) bond motifs is 2. The van der Waals surface area contributed by atoms with Gasteiger partial charge in [-0.3, -0.25) is 19.4 Å². The molecule has 0 spiro atoms. The number of aryl methyl sites for hydroxylation is 3. The Morgan fingerprint density at radius 2 is 1.88 bits per heavy atom. The molecule has 0 atom stereocenters. The molecule has 0 aliphatic heterocycles. The zero-order chi connectivity index (χ0) is 23.4. The minimum Gasteiger partial charge on any atom is -0.352 e. The molecule has 33 heavy (non-hydrogen) atoms. The van der Waals surface area contributed by atoms with Crippen LogP contribution in [-0.2, 0) is 13.0 Å². The number of amides is 1. The Balaban J connectivity index is 1.86. The lowest BCUT2D eigenvalue weighted by molar-refractivity contribution is 0.0950. The second kappa shape index (κ2) is 9.81. The number of pyridine rings is 2. The van der Waals surface area contributed by atoms with E-state index < -0.39 is 0 Å². The van der Waals surface area contributed by atoms with Crippen LogP contribution in [0, 0.1) is 12.3 Å². The van der Waals surface area contributed by atoms with Crippen molar-refractivity contribution in [3.05, 3.63) is 87.3 Å². The molecule has 0 saturated carbocycles. The van der Waals surface area contributed by atoms with Gasteiger partial charge < -0.3 is 9.88 Å². The highest BCUT2D eigenvalue weighted by Crippen LogP contribution is 2.14. The van der Waals surface area contributed by atoms with E-state index in [0.29, 0.717) is 36.2 Å². The maximum Gasteiger partial charge on any atom is 0.267 e. The van der Waals surface area contributed by atoms with Gasteiger partial charge in [0.05, 0.1) is 10.9 Å². The smallest absolute Gasteiger partial charge is 0.267 e. The Morgan fingerprint density at radius 1 is 1.09 bits per heavy atom. The van der Waals surface area contributed by atoms with Crippen molar-refractivity contribution < 1.29 is 4.79 Å². The molecule has 4 rings (SSSR count). The molecule has 0 aliphatic rings. The Kier molecular flexibility index (Phi) is 6.68. The van der Waals surface area contributed by atoms with Crippen molar-refractivity contribution in [2.24, 2.45) is 0 Å². The van der Waals surface area contributed by atoms with E-state index in [1.54, 1.807) is 16.8 Å². The highest BCUT2D eigenvalue weighted by atomic mass is 16.1. The summed E-state index contributed by atoms with van der Waals surface area (Å²) in [4.78, 5) is 31.1. The third-order valence-electron chi connectivity index (χ3n) is 5.91. The number of rotatable bonds is 8. The summed E-state index contributed by atoms with van der Waals surface area (Å²) in [6, 6.07) is 15.2. The van der Waals surface area contributed by atoms with Crippen molar-refractivity contribution in [3.8, 4) is 0 Å². The number of benzene rings is 1. The fourth-order valence-corrected chi connectivity index (χ4v) is 4.04. The number of nitrogens with one attached hydrogen (secondary N) is 2. The maximum atomic E-state index is 13.4. The molecule has 1 amide bonds. The van der Waals surface area contributed by atoms with Crippen LogP contribution in [-0.4, -0.2) is 26.4 Å². The quantitative estimate of drug-likeness (QED) is 0.322. The zero-order valence-corrected chi connectivity index (χ0v) is 19.1. The molecule has 0 fully saturated rings. The van der Waals surface area contributed by atoms with Crippen LogP contribution < -0.4 is 16.4 Å². The molecular formula is C26H29N5O2. The molecule has 0 radical (unpaired) electrons. The van der Waals surface area contributed by atoms with E-state index in [-0.39, 0.29) is 22.5 Å². The molecule has 170 valence electrons. The monoisotopic (exact) mass is 443 g/mol. The standard InChI is InChI=1S/C26H29N5O2/c1-3-4-8-14-28-25(32)20-17-21-24(29-23-18(2)10-9-15-31(23)26(21)33)30(22(20)27)16-13-19-11-6-5-7-12-19/h5-7,9-12,15,17,27H,3-4,8,13-14,16H2,1-2H3,(H,28,32). The topological polar surface area (TPSA) is 92.2 Å². The Bertz CT molecular complexity index is 1420. The molecule has 0 saturated heterocycles. The van der Waals surface area contributed by atoms with Crippen molar-refractivity contribution >= 4 is 22.6 Å². The van der Waals surface area contributed by atoms with Crippen LogP contribution in [0.15, 0.2) is 59.5 Å². The van der Waals surface area contributed by atoms with Gasteiger partial charge in [-0.15, -0.1) is 0 Å². The van der Waals surface area contributed by atoms with E-state index in [1.807, 2.05) is 43.3 Å². The van der Waals surface area contributed by atoms with Gasteiger partial charge in [0.25, 0.3) is 11.5 Å². The van der Waals surface area contributed by atoms with Gasteiger partial charge in [-0.25, -0.2) is 4.98 Å². The average Bonchev–Trinajstić information content (AvgIpc) is 2.82. The van der Waals surface area contributed by atoms with Crippen molar-refractivity contribution in [1.82, 2.24) is 19.3 Å². The zero-order valence-electron chi connectivity index (χ0n) is 19.1. The highest BCUT2D eigenvalue weighted by Gasteiger charge is 2.18. The van der Waals surface area contributed by atoms with Crippen LogP contribution in [0.2, 0.25) is 0 Å². The van der Waals surface area contributed by atoms with E-state index in [4.69, 9.17) is 10.4 Å². The fourth-order valence-electron chi connectivity index (χ4n) is 4.04. The summed E-state index contributed by atoms with van der Waals surface area (Å²) in [5.41, 5.74) is 2.98. The summed E-state index contributed by atoms with van der Waals surface area (Å²) in [6.07, 6.45) is 5.31. The van der Waals surface area contributed by atoms with Gasteiger partial charge in [0, 0.05) is 19.3 Å². The van der Waals surface area contributed by atoms with Crippen molar-refractivity contribution in [2.45, 2.75) is 46.1 Å². The number of carbonyl (C=O) groups excluding carboxylic acids is 1. The van der Waals surface area contributed by atoms with E-state index in [0.717, 1.165) is 30.4 Å². The second-order valence-electron chi connectivity index (χ2n) is 8.30. The summed E-state index contributed by atoms with van der Waals surface area (Å²) < 4.78 is 3.20. The summed E-state index contributed by atoms with van der Waals surface area (Å²) in [6.45, 7) is 4.99. The summed E-state index contributed by atoms with van der Waals surface area (Å²) >= 11 is 0. The maximum absolute atomic E-state index is 13.4. The lowest BCUT2D eigenvalue weighted by Gasteiger charge is -2.15. The lowest BCUT2D eigenvalue weighted by Crippen LogP contribution is -2.35. The van der Waals surface area contributed by atoms with Crippen molar-refractivity contribution in [2.75, 3.05) is 6.54 Å². The minimum absolute atomic E-state index is 0.0660. The number of hydrogen-bond donors (Lipinski definition) is 2. The van der Waals surface area contributed by atoms with E-state index in [1.165, 1.54) is 10.5 Å². The molecule has 3 heterocycles. The second-order valence-corrected chi connectivity index (χ2v) is 8.30. The highest BCUT2D eigenvalue weighted by molar-refractivity contribution is 5.96. The summed E-state index contributed by atoms with van der Waals surface area (Å²) in [7, 11) is 0. The van der Waals surface area contributed by atoms with Gasteiger partial charge in [-0.2, -0.15) is 0 Å². The fraction of sp³-hybridized carbons (Fsp3) is 0.308. The van der Waals surface area contributed by atoms with Gasteiger partial charge in [0.1, 0.15) is 16.8 Å². The van der Waals surface area contributed by atoms with Gasteiger partial charge in [0.2, 0.25) is 0 Å². The van der Waals surface area contributed by atoms with Crippen LogP contribution >= 0.6 is 0 Å². The minimum atomic E-state index is -0.333. The van der Waals surface area contributed by atoms with E-state index >= 15 is 0 Å². The first-order valence-corrected chi connectivity index (χ1v) is 11.4. The first kappa shape index (κ1) is 22.5. The van der Waals surface area contributed by atoms with Crippen LogP contribution in [0.3, 0.4) is 0 Å². The predicted octanol–water partition coefficient (Wildman–Crippen LogP) is 3.60. The largest absolute Gasteiger partial charge is 0.352 e. The van der Waals surface area contributed by atoms with Crippen molar-refractivity contribution in [3.63, 3.8) is 0 Å². The molecule has 0 unspecified atom stereocenters. The van der Waals surface area contributed by atoms with Gasteiger partial charge in [-0.1, -0.05) is 56.2 Å². The predicted molar refractivity (Wildman–Crippen MR) is 130 cm³/mol. The van der Waals surface area contributed by atoms with Crippen LogP contribution in [0.4, 0.5) is 0 Å². The lowest BCUT2D eigenvalue weighted by atomic mass is 10.1. The molecule has 7 heteroatoms. The van der Waals surface area contributed by atoms with Crippen LogP contribution in [0.25, 0.3) is 16.7 Å². The number of hydrogen-bond acceptors (Lipinski definition) is 4. The Labute approximate surface area is 192 Å². The first-order chi connectivity index (χ1) is 16.0. The van der Waals surface area contributed by atoms with E-state index in [2.05, 4.69) is 12.2 Å². The molecule has 0 aliphatic carbocycles. The molecule has 7 nitrogen and oxygen atoms in total. The Hall–Kier alpha value is -3.74. The van der Waals surface area contributed by atoms with Gasteiger partial charge in [-0.05, 0) is 43.0 Å². The molecule has 1 aromatic carbocycles. The summed E-state index contributed by atoms with van der Waals surface area (Å²) in [5, 5.41) is 12.1.